The van der Waals surface area contributed by atoms with Crippen LogP contribution in [0.2, 0.25) is 0 Å². The van der Waals surface area contributed by atoms with Crippen molar-refractivity contribution in [2.75, 3.05) is 50.1 Å². The van der Waals surface area contributed by atoms with Crippen LogP contribution in [-0.2, 0) is 0 Å². The van der Waals surface area contributed by atoms with Crippen molar-refractivity contribution < 1.29 is 14.1 Å². The number of benzene rings is 2. The van der Waals surface area contributed by atoms with Gasteiger partial charge in [0.25, 0.3) is 11.6 Å². The van der Waals surface area contributed by atoms with Crippen molar-refractivity contribution in [2.24, 2.45) is 0 Å². The first kappa shape index (κ1) is 18.6. The summed E-state index contributed by atoms with van der Waals surface area (Å²) in [7, 11) is 3.44. The number of rotatable bonds is 4. The fourth-order valence-corrected chi connectivity index (χ4v) is 3.18. The highest BCUT2D eigenvalue weighted by atomic mass is 19.1. The Kier molecular flexibility index (Phi) is 5.25. The Bertz CT molecular complexity index is 847. The molecule has 0 bridgehead atoms. The van der Waals surface area contributed by atoms with E-state index in [9.17, 15) is 19.3 Å². The molecule has 3 rings (SSSR count). The van der Waals surface area contributed by atoms with Crippen molar-refractivity contribution in [2.45, 2.75) is 0 Å². The normalized spacial score (nSPS) is 14.2. The zero-order valence-electron chi connectivity index (χ0n) is 15.3. The van der Waals surface area contributed by atoms with Crippen LogP contribution in [0, 0.1) is 15.9 Å². The van der Waals surface area contributed by atoms with E-state index < -0.39 is 4.92 Å². The average Bonchev–Trinajstić information content (AvgIpc) is 2.67. The third kappa shape index (κ3) is 3.99. The lowest BCUT2D eigenvalue weighted by Gasteiger charge is -2.36. The smallest absolute Gasteiger partial charge is 0.293 e. The summed E-state index contributed by atoms with van der Waals surface area (Å²) in [6.07, 6.45) is 0. The Morgan fingerprint density at radius 2 is 1.70 bits per heavy atom. The summed E-state index contributed by atoms with van der Waals surface area (Å²) in [6.45, 7) is 2.24. The van der Waals surface area contributed by atoms with E-state index in [1.54, 1.807) is 48.2 Å². The molecule has 0 aliphatic carbocycles. The predicted octanol–water partition coefficient (Wildman–Crippen LogP) is 2.76. The van der Waals surface area contributed by atoms with Gasteiger partial charge in [-0.2, -0.15) is 0 Å². The van der Waals surface area contributed by atoms with E-state index in [0.717, 1.165) is 5.69 Å². The molecule has 1 aliphatic heterocycles. The highest BCUT2D eigenvalue weighted by molar-refractivity contribution is 5.96. The monoisotopic (exact) mass is 372 g/mol. The average molecular weight is 372 g/mol. The highest BCUT2D eigenvalue weighted by Gasteiger charge is 2.25. The van der Waals surface area contributed by atoms with E-state index in [-0.39, 0.29) is 17.4 Å². The van der Waals surface area contributed by atoms with Gasteiger partial charge < -0.3 is 14.7 Å². The van der Waals surface area contributed by atoms with Crippen LogP contribution < -0.4 is 9.80 Å². The predicted molar refractivity (Wildman–Crippen MR) is 102 cm³/mol. The van der Waals surface area contributed by atoms with Gasteiger partial charge >= 0.3 is 0 Å². The minimum Gasteiger partial charge on any atom is -0.372 e. The number of carbonyl (C=O) groups is 1. The van der Waals surface area contributed by atoms with E-state index in [1.165, 1.54) is 18.2 Å². The summed E-state index contributed by atoms with van der Waals surface area (Å²) in [5.74, 6) is -0.502. The van der Waals surface area contributed by atoms with Gasteiger partial charge in [0.2, 0.25) is 0 Å². The first-order chi connectivity index (χ1) is 12.9. The second-order valence-corrected chi connectivity index (χ2v) is 6.61. The van der Waals surface area contributed by atoms with Gasteiger partial charge in [-0.15, -0.1) is 0 Å². The zero-order valence-corrected chi connectivity index (χ0v) is 15.3. The van der Waals surface area contributed by atoms with Crippen LogP contribution in [-0.4, -0.2) is 56.0 Å². The lowest BCUT2D eigenvalue weighted by atomic mass is 10.1. The Morgan fingerprint density at radius 1 is 1.07 bits per heavy atom. The van der Waals surface area contributed by atoms with Crippen LogP contribution in [0.5, 0.6) is 0 Å². The lowest BCUT2D eigenvalue weighted by molar-refractivity contribution is -0.384. The van der Waals surface area contributed by atoms with E-state index in [2.05, 4.69) is 4.90 Å². The van der Waals surface area contributed by atoms with Gasteiger partial charge in [0.05, 0.1) is 4.92 Å². The van der Waals surface area contributed by atoms with Crippen molar-refractivity contribution in [3.63, 3.8) is 0 Å². The number of hydrogen-bond donors (Lipinski definition) is 0. The number of nitrogens with zero attached hydrogens (tertiary/aromatic N) is 4. The summed E-state index contributed by atoms with van der Waals surface area (Å²) in [6, 6.07) is 10.8. The van der Waals surface area contributed by atoms with Crippen molar-refractivity contribution in [3.8, 4) is 0 Å². The zero-order chi connectivity index (χ0) is 19.6. The standard InChI is InChI=1S/C19H21FN4O3/c1-21(2)17-8-3-14(13-18(17)24(26)27)19(25)23-11-9-22(10-12-23)16-6-4-15(20)5-7-16/h3-8,13H,9-12H2,1-2H3. The van der Waals surface area contributed by atoms with Gasteiger partial charge in [0.15, 0.2) is 0 Å². The van der Waals surface area contributed by atoms with Crippen LogP contribution in [0.25, 0.3) is 0 Å². The van der Waals surface area contributed by atoms with Gasteiger partial charge in [-0.05, 0) is 36.4 Å². The van der Waals surface area contributed by atoms with E-state index >= 15 is 0 Å². The van der Waals surface area contributed by atoms with Crippen molar-refractivity contribution in [3.05, 3.63) is 64.0 Å². The van der Waals surface area contributed by atoms with Crippen LogP contribution in [0.3, 0.4) is 0 Å². The molecule has 0 aromatic heterocycles. The maximum atomic E-state index is 13.1. The van der Waals surface area contributed by atoms with Gasteiger partial charge in [0.1, 0.15) is 11.5 Å². The highest BCUT2D eigenvalue weighted by Crippen LogP contribution is 2.28. The van der Waals surface area contributed by atoms with E-state index in [4.69, 9.17) is 0 Å². The quantitative estimate of drug-likeness (QED) is 0.610. The third-order valence-electron chi connectivity index (χ3n) is 4.66. The molecule has 1 saturated heterocycles. The summed E-state index contributed by atoms with van der Waals surface area (Å²) >= 11 is 0. The molecule has 1 aliphatic rings. The van der Waals surface area contributed by atoms with Crippen LogP contribution >= 0.6 is 0 Å². The Hall–Kier alpha value is -3.16. The molecule has 0 atom stereocenters. The Balaban J connectivity index is 1.71. The van der Waals surface area contributed by atoms with Gasteiger partial charge in [-0.1, -0.05) is 0 Å². The first-order valence-electron chi connectivity index (χ1n) is 8.62. The second kappa shape index (κ2) is 7.61. The number of amides is 1. The van der Waals surface area contributed by atoms with Gasteiger partial charge in [-0.25, -0.2) is 4.39 Å². The van der Waals surface area contributed by atoms with Crippen LogP contribution in [0.1, 0.15) is 10.4 Å². The molecule has 2 aromatic carbocycles. The molecule has 0 radical (unpaired) electrons. The molecule has 7 nitrogen and oxygen atoms in total. The number of piperazine rings is 1. The maximum absolute atomic E-state index is 13.1. The van der Waals surface area contributed by atoms with E-state index in [0.29, 0.717) is 37.4 Å². The maximum Gasteiger partial charge on any atom is 0.293 e. The minimum absolute atomic E-state index is 0.0872. The molecule has 0 unspecified atom stereocenters. The first-order valence-corrected chi connectivity index (χ1v) is 8.62. The van der Waals surface area contributed by atoms with Gasteiger partial charge in [0, 0.05) is 57.6 Å². The molecule has 27 heavy (non-hydrogen) atoms. The number of anilines is 2. The van der Waals surface area contributed by atoms with E-state index in [1.807, 2.05) is 0 Å². The summed E-state index contributed by atoms with van der Waals surface area (Å²) < 4.78 is 13.1. The summed E-state index contributed by atoms with van der Waals surface area (Å²) in [4.78, 5) is 29.0. The summed E-state index contributed by atoms with van der Waals surface area (Å²) in [5, 5.41) is 11.3. The Labute approximate surface area is 156 Å². The number of hydrogen-bond acceptors (Lipinski definition) is 5. The number of carbonyl (C=O) groups excluding carboxylic acids is 1. The molecule has 2 aromatic rings. The Morgan fingerprint density at radius 3 is 2.26 bits per heavy atom. The molecule has 0 saturated carbocycles. The van der Waals surface area contributed by atoms with Crippen molar-refractivity contribution >= 4 is 23.0 Å². The SMILES string of the molecule is CN(C)c1ccc(C(=O)N2CCN(c3ccc(F)cc3)CC2)cc1[N+](=O)[O-]. The summed E-state index contributed by atoms with van der Waals surface area (Å²) in [5.41, 5.74) is 1.59. The third-order valence-corrected chi connectivity index (χ3v) is 4.66. The fourth-order valence-electron chi connectivity index (χ4n) is 3.18. The number of nitro groups is 1. The molecular formula is C19H21FN4O3. The molecule has 1 fully saturated rings. The van der Waals surface area contributed by atoms with Gasteiger partial charge in [-0.3, -0.25) is 14.9 Å². The fraction of sp³-hybridized carbons (Fsp3) is 0.316. The van der Waals surface area contributed by atoms with Crippen molar-refractivity contribution in [1.29, 1.82) is 0 Å². The molecule has 0 N–H and O–H groups in total. The molecule has 0 spiro atoms. The minimum atomic E-state index is -0.474. The molecule has 1 amide bonds. The second-order valence-electron chi connectivity index (χ2n) is 6.61. The molecular weight excluding hydrogens is 351 g/mol. The number of nitro benzene ring substituents is 1. The largest absolute Gasteiger partial charge is 0.372 e. The molecule has 1 heterocycles. The van der Waals surface area contributed by atoms with Crippen molar-refractivity contribution in [1.82, 2.24) is 4.90 Å². The number of halogens is 1. The molecule has 8 heteroatoms. The van der Waals surface area contributed by atoms with Crippen LogP contribution in [0.4, 0.5) is 21.5 Å². The molecule has 142 valence electrons. The topological polar surface area (TPSA) is 69.9 Å². The van der Waals surface area contributed by atoms with Crippen LogP contribution in [0.15, 0.2) is 42.5 Å². The lowest BCUT2D eigenvalue weighted by Crippen LogP contribution is -2.48.